The van der Waals surface area contributed by atoms with Crippen LogP contribution in [0.5, 0.6) is 5.75 Å². The minimum atomic E-state index is -0.373. The van der Waals surface area contributed by atoms with Gasteiger partial charge in [0.15, 0.2) is 6.29 Å². The van der Waals surface area contributed by atoms with Crippen molar-refractivity contribution in [2.75, 3.05) is 6.61 Å². The molecule has 0 amide bonds. The molecule has 0 unspecified atom stereocenters. The van der Waals surface area contributed by atoms with Crippen LogP contribution in [0, 0.1) is 5.82 Å². The van der Waals surface area contributed by atoms with Crippen LogP contribution in [0.4, 0.5) is 4.39 Å². The molecule has 0 atom stereocenters. The number of halogens is 1. The largest absolute Gasteiger partial charge is 0.493 e. The number of hydrogen-bond acceptors (Lipinski definition) is 3. The van der Waals surface area contributed by atoms with Crippen LogP contribution in [0.3, 0.4) is 0 Å². The normalized spacial score (nSPS) is 10.6. The van der Waals surface area contributed by atoms with Crippen molar-refractivity contribution < 1.29 is 13.9 Å². The molecule has 0 aliphatic heterocycles. The zero-order chi connectivity index (χ0) is 17.2. The van der Waals surface area contributed by atoms with Gasteiger partial charge in [0, 0.05) is 23.4 Å². The lowest BCUT2D eigenvalue weighted by atomic mass is 10.1. The molecule has 0 fully saturated rings. The lowest BCUT2D eigenvalue weighted by Gasteiger charge is -2.08. The van der Waals surface area contributed by atoms with Crippen LogP contribution >= 0.6 is 0 Å². The number of pyridine rings is 1. The van der Waals surface area contributed by atoms with Gasteiger partial charge in [-0.05, 0) is 30.7 Å². The Morgan fingerprint density at radius 2 is 1.88 bits per heavy atom. The van der Waals surface area contributed by atoms with Crippen LogP contribution in [-0.4, -0.2) is 17.9 Å². The highest BCUT2D eigenvalue weighted by Crippen LogP contribution is 2.25. The number of unbranched alkanes of at least 4 members (excludes halogenated alkanes) is 5. The molecule has 1 aromatic heterocycles. The molecule has 0 aliphatic carbocycles. The van der Waals surface area contributed by atoms with Gasteiger partial charge in [0.25, 0.3) is 0 Å². The van der Waals surface area contributed by atoms with E-state index < -0.39 is 0 Å². The molecule has 0 bridgehead atoms. The van der Waals surface area contributed by atoms with Crippen molar-refractivity contribution in [3.8, 4) is 17.0 Å². The van der Waals surface area contributed by atoms with Gasteiger partial charge < -0.3 is 4.74 Å². The van der Waals surface area contributed by atoms with Gasteiger partial charge in [-0.2, -0.15) is 0 Å². The quantitative estimate of drug-likeness (QED) is 0.430. The summed E-state index contributed by atoms with van der Waals surface area (Å²) in [6.07, 6.45) is 9.32. The molecule has 0 N–H and O–H groups in total. The summed E-state index contributed by atoms with van der Waals surface area (Å²) >= 11 is 0. The van der Waals surface area contributed by atoms with Crippen LogP contribution in [0.1, 0.15) is 55.8 Å². The molecule has 1 aromatic carbocycles. The predicted octanol–water partition coefficient (Wildman–Crippen LogP) is 5.44. The number of aromatic nitrogens is 1. The van der Waals surface area contributed by atoms with Crippen molar-refractivity contribution in [3.63, 3.8) is 0 Å². The molecule has 24 heavy (non-hydrogen) atoms. The average Bonchev–Trinajstić information content (AvgIpc) is 2.61. The number of hydrogen-bond donors (Lipinski definition) is 0. The molecular weight excluding hydrogens is 305 g/mol. The summed E-state index contributed by atoms with van der Waals surface area (Å²) < 4.78 is 19.9. The fourth-order valence-corrected chi connectivity index (χ4v) is 2.50. The first-order valence-electron chi connectivity index (χ1n) is 8.58. The summed E-state index contributed by atoms with van der Waals surface area (Å²) in [4.78, 5) is 14.7. The number of aldehydes is 1. The molecule has 0 radical (unpaired) electrons. The molecule has 3 nitrogen and oxygen atoms in total. The Balaban J connectivity index is 1.86. The number of benzene rings is 1. The van der Waals surface area contributed by atoms with Gasteiger partial charge in [-0.15, -0.1) is 0 Å². The molecule has 2 aromatic rings. The Hall–Kier alpha value is -2.23. The number of nitrogens with zero attached hydrogens (tertiary/aromatic N) is 1. The first-order chi connectivity index (χ1) is 11.7. The molecule has 0 saturated carbocycles. The Morgan fingerprint density at radius 3 is 2.54 bits per heavy atom. The second-order valence-electron chi connectivity index (χ2n) is 5.85. The standard InChI is InChI=1S/C20H24FNO2/c1-2-3-4-5-6-7-12-24-17-9-10-18(19(21)13-17)20-11-8-16(15-23)14-22-20/h8-11,13-15H,2-7,12H2,1H3. The van der Waals surface area contributed by atoms with Crippen molar-refractivity contribution in [2.24, 2.45) is 0 Å². The zero-order valence-electron chi connectivity index (χ0n) is 14.1. The minimum absolute atomic E-state index is 0.373. The van der Waals surface area contributed by atoms with Crippen molar-refractivity contribution in [2.45, 2.75) is 45.4 Å². The van der Waals surface area contributed by atoms with E-state index in [4.69, 9.17) is 4.74 Å². The topological polar surface area (TPSA) is 39.2 Å². The first-order valence-corrected chi connectivity index (χ1v) is 8.58. The molecule has 0 saturated heterocycles. The molecule has 2 rings (SSSR count). The Kier molecular flexibility index (Phi) is 7.40. The summed E-state index contributed by atoms with van der Waals surface area (Å²) in [5.41, 5.74) is 1.37. The summed E-state index contributed by atoms with van der Waals surface area (Å²) in [7, 11) is 0. The molecular formula is C20H24FNO2. The molecule has 0 aliphatic rings. The van der Waals surface area contributed by atoms with E-state index in [-0.39, 0.29) is 5.82 Å². The van der Waals surface area contributed by atoms with Crippen LogP contribution in [0.15, 0.2) is 36.5 Å². The van der Waals surface area contributed by atoms with Gasteiger partial charge in [0.1, 0.15) is 11.6 Å². The van der Waals surface area contributed by atoms with Crippen LogP contribution < -0.4 is 4.74 Å². The minimum Gasteiger partial charge on any atom is -0.493 e. The molecule has 128 valence electrons. The number of carbonyl (C=O) groups excluding carboxylic acids is 1. The van der Waals surface area contributed by atoms with E-state index in [1.165, 1.54) is 37.9 Å². The van der Waals surface area contributed by atoms with Gasteiger partial charge in [-0.25, -0.2) is 4.39 Å². The zero-order valence-corrected chi connectivity index (χ0v) is 14.1. The first kappa shape index (κ1) is 18.1. The second kappa shape index (κ2) is 9.81. The van der Waals surface area contributed by atoms with E-state index in [0.29, 0.717) is 35.5 Å². The van der Waals surface area contributed by atoms with E-state index in [1.54, 1.807) is 24.3 Å². The number of carbonyl (C=O) groups is 1. The molecule has 4 heteroatoms. The lowest BCUT2D eigenvalue weighted by molar-refractivity contribution is 0.112. The maximum absolute atomic E-state index is 14.2. The Labute approximate surface area is 142 Å². The summed E-state index contributed by atoms with van der Waals surface area (Å²) in [6, 6.07) is 8.07. The highest BCUT2D eigenvalue weighted by molar-refractivity contribution is 5.75. The van der Waals surface area contributed by atoms with E-state index >= 15 is 0 Å². The summed E-state index contributed by atoms with van der Waals surface area (Å²) in [6.45, 7) is 2.81. The smallest absolute Gasteiger partial charge is 0.151 e. The fourth-order valence-electron chi connectivity index (χ4n) is 2.50. The highest BCUT2D eigenvalue weighted by Gasteiger charge is 2.08. The van der Waals surface area contributed by atoms with E-state index in [2.05, 4.69) is 11.9 Å². The predicted molar refractivity (Wildman–Crippen MR) is 93.9 cm³/mol. The Morgan fingerprint density at radius 1 is 1.08 bits per heavy atom. The van der Waals surface area contributed by atoms with Crippen molar-refractivity contribution in [1.82, 2.24) is 4.98 Å². The van der Waals surface area contributed by atoms with Crippen molar-refractivity contribution >= 4 is 6.29 Å². The third kappa shape index (κ3) is 5.44. The monoisotopic (exact) mass is 329 g/mol. The Bertz CT molecular complexity index is 641. The van der Waals surface area contributed by atoms with Crippen molar-refractivity contribution in [1.29, 1.82) is 0 Å². The van der Waals surface area contributed by atoms with Gasteiger partial charge in [0.05, 0.1) is 12.3 Å². The average molecular weight is 329 g/mol. The maximum Gasteiger partial charge on any atom is 0.151 e. The van der Waals surface area contributed by atoms with Gasteiger partial charge in [-0.1, -0.05) is 39.0 Å². The van der Waals surface area contributed by atoms with Crippen molar-refractivity contribution in [3.05, 3.63) is 47.9 Å². The molecule has 0 spiro atoms. The fraction of sp³-hybridized carbons (Fsp3) is 0.400. The SMILES string of the molecule is CCCCCCCCOc1ccc(-c2ccc(C=O)cn2)c(F)c1. The van der Waals surface area contributed by atoms with E-state index in [1.807, 2.05) is 0 Å². The van der Waals surface area contributed by atoms with Gasteiger partial charge >= 0.3 is 0 Å². The van der Waals surface area contributed by atoms with Gasteiger partial charge in [-0.3, -0.25) is 9.78 Å². The van der Waals surface area contributed by atoms with E-state index in [9.17, 15) is 9.18 Å². The van der Waals surface area contributed by atoms with Crippen LogP contribution in [-0.2, 0) is 0 Å². The third-order valence-corrected chi connectivity index (χ3v) is 3.91. The van der Waals surface area contributed by atoms with E-state index in [0.717, 1.165) is 12.8 Å². The lowest BCUT2D eigenvalue weighted by Crippen LogP contribution is -1.98. The summed E-state index contributed by atoms with van der Waals surface area (Å²) in [5, 5.41) is 0. The number of rotatable bonds is 10. The van der Waals surface area contributed by atoms with Gasteiger partial charge in [0.2, 0.25) is 0 Å². The van der Waals surface area contributed by atoms with Crippen LogP contribution in [0.25, 0.3) is 11.3 Å². The van der Waals surface area contributed by atoms with Crippen LogP contribution in [0.2, 0.25) is 0 Å². The highest BCUT2D eigenvalue weighted by atomic mass is 19.1. The maximum atomic E-state index is 14.2. The second-order valence-corrected chi connectivity index (χ2v) is 5.85. The summed E-state index contributed by atoms with van der Waals surface area (Å²) in [5.74, 6) is 0.163. The third-order valence-electron chi connectivity index (χ3n) is 3.91. The molecule has 1 heterocycles. The number of ether oxygens (including phenoxy) is 1.